The third kappa shape index (κ3) is 5.46. The molecule has 0 spiro atoms. The lowest BCUT2D eigenvalue weighted by Crippen LogP contribution is -2.50. The third-order valence-corrected chi connectivity index (χ3v) is 6.40. The maximum Gasteiger partial charge on any atom is 0.272 e. The van der Waals surface area contributed by atoms with E-state index in [9.17, 15) is 14.7 Å². The Balaban J connectivity index is 1.34. The van der Waals surface area contributed by atoms with Gasteiger partial charge in [0, 0.05) is 5.56 Å². The van der Waals surface area contributed by atoms with E-state index in [1.54, 1.807) is 60.9 Å². The van der Waals surface area contributed by atoms with E-state index in [0.29, 0.717) is 22.3 Å². The third-order valence-electron chi connectivity index (χ3n) is 6.40. The number of rotatable bonds is 8. The fourth-order valence-corrected chi connectivity index (χ4v) is 4.32. The molecule has 2 unspecified atom stereocenters. The predicted octanol–water partition coefficient (Wildman–Crippen LogP) is 3.89. The van der Waals surface area contributed by atoms with E-state index >= 15 is 0 Å². The molecule has 4 aromatic carbocycles. The number of nitrogens with two attached hydrogens (primary N) is 1. The zero-order chi connectivity index (χ0) is 26.5. The van der Waals surface area contributed by atoms with Crippen LogP contribution in [0.1, 0.15) is 33.1 Å². The second-order valence-corrected chi connectivity index (χ2v) is 8.98. The zero-order valence-corrected chi connectivity index (χ0v) is 20.5. The second kappa shape index (κ2) is 11.1. The minimum absolute atomic E-state index is 0.373. The van der Waals surface area contributed by atoms with Crippen LogP contribution in [0.2, 0.25) is 0 Å². The van der Waals surface area contributed by atoms with E-state index in [4.69, 9.17) is 5.84 Å². The van der Waals surface area contributed by atoms with Gasteiger partial charge in [0.25, 0.3) is 11.8 Å². The molecule has 0 fully saturated rings. The number of nitrogens with one attached hydrogen (secondary N) is 2. The van der Waals surface area contributed by atoms with Gasteiger partial charge in [-0.25, -0.2) is 15.8 Å². The van der Waals surface area contributed by atoms with E-state index in [2.05, 4.69) is 27.4 Å². The van der Waals surface area contributed by atoms with Crippen molar-refractivity contribution in [2.75, 3.05) is 5.01 Å². The molecule has 8 heteroatoms. The van der Waals surface area contributed by atoms with Crippen molar-refractivity contribution in [2.45, 2.75) is 18.6 Å². The number of aliphatic hydroxyl groups excluding tert-OH is 1. The van der Waals surface area contributed by atoms with Gasteiger partial charge in [-0.15, -0.1) is 0 Å². The Kier molecular flexibility index (Phi) is 7.26. The lowest BCUT2D eigenvalue weighted by Gasteiger charge is -2.27. The van der Waals surface area contributed by atoms with Crippen LogP contribution in [0.5, 0.6) is 0 Å². The van der Waals surface area contributed by atoms with E-state index in [1.165, 1.54) is 5.56 Å². The first-order chi connectivity index (χ1) is 18.5. The molecule has 0 aliphatic heterocycles. The number of aromatic nitrogens is 2. The summed E-state index contributed by atoms with van der Waals surface area (Å²) in [7, 11) is 0. The summed E-state index contributed by atoms with van der Waals surface area (Å²) in [5.41, 5.74) is 5.02. The number of benzene rings is 4. The van der Waals surface area contributed by atoms with Crippen molar-refractivity contribution in [3.63, 3.8) is 0 Å². The fraction of sp³-hybridized carbons (Fsp3) is 0.100. The summed E-state index contributed by atoms with van der Waals surface area (Å²) in [6.07, 6.45) is 0.654. The molecule has 38 heavy (non-hydrogen) atoms. The Morgan fingerprint density at radius 2 is 1.55 bits per heavy atom. The first kappa shape index (κ1) is 24.9. The average Bonchev–Trinajstić information content (AvgIpc) is 3.44. The number of aromatic amines is 1. The van der Waals surface area contributed by atoms with Gasteiger partial charge in [-0.1, -0.05) is 72.8 Å². The normalized spacial score (nSPS) is 12.6. The van der Waals surface area contributed by atoms with Crippen molar-refractivity contribution in [3.05, 3.63) is 132 Å². The highest BCUT2D eigenvalue weighted by Gasteiger charge is 2.32. The van der Waals surface area contributed by atoms with Gasteiger partial charge in [0.05, 0.1) is 29.1 Å². The summed E-state index contributed by atoms with van der Waals surface area (Å²) in [6, 6.07) is 30.2. The van der Waals surface area contributed by atoms with Crippen LogP contribution in [0, 0.1) is 0 Å². The van der Waals surface area contributed by atoms with Gasteiger partial charge in [-0.2, -0.15) is 0 Å². The molecule has 0 aliphatic carbocycles. The molecule has 1 heterocycles. The van der Waals surface area contributed by atoms with Crippen molar-refractivity contribution >= 4 is 28.5 Å². The number of nitrogens with zero attached hydrogens (tertiary/aromatic N) is 2. The van der Waals surface area contributed by atoms with Crippen LogP contribution < -0.4 is 16.2 Å². The van der Waals surface area contributed by atoms with E-state index in [0.717, 1.165) is 22.5 Å². The monoisotopic (exact) mass is 505 g/mol. The van der Waals surface area contributed by atoms with Gasteiger partial charge in [0.15, 0.2) is 6.10 Å². The maximum absolute atomic E-state index is 13.2. The molecule has 190 valence electrons. The lowest BCUT2D eigenvalue weighted by molar-refractivity contribution is -0.128. The van der Waals surface area contributed by atoms with Crippen LogP contribution in [0.15, 0.2) is 109 Å². The Bertz CT molecular complexity index is 1540. The topological polar surface area (TPSA) is 124 Å². The number of fused-ring (bicyclic) bond motifs is 1. The first-order valence-electron chi connectivity index (χ1n) is 12.2. The van der Waals surface area contributed by atoms with Crippen molar-refractivity contribution < 1.29 is 14.7 Å². The lowest BCUT2D eigenvalue weighted by atomic mass is 9.99. The SMILES string of the molecule is NN(C(=O)C(O)C(NC(=O)c1ccc(Cc2ccccc2)cc1)c1ccccc1)c1ccc2nc[nH]c2c1. The quantitative estimate of drug-likeness (QED) is 0.145. The molecule has 5 rings (SSSR count). The average molecular weight is 506 g/mol. The molecule has 0 saturated heterocycles. The van der Waals surface area contributed by atoms with Crippen LogP contribution in [-0.2, 0) is 11.2 Å². The maximum atomic E-state index is 13.2. The number of aliphatic hydroxyl groups is 1. The number of hydrazine groups is 1. The second-order valence-electron chi connectivity index (χ2n) is 8.98. The summed E-state index contributed by atoms with van der Waals surface area (Å²) in [5, 5.41) is 14.8. The molecule has 5 aromatic rings. The number of carbonyl (C=O) groups excluding carboxylic acids is 2. The summed E-state index contributed by atoms with van der Waals surface area (Å²) >= 11 is 0. The van der Waals surface area contributed by atoms with Gasteiger partial charge >= 0.3 is 0 Å². The highest BCUT2D eigenvalue weighted by Crippen LogP contribution is 2.23. The zero-order valence-electron chi connectivity index (χ0n) is 20.5. The van der Waals surface area contributed by atoms with Crippen molar-refractivity contribution in [3.8, 4) is 0 Å². The molecule has 0 aliphatic rings. The molecule has 1 aromatic heterocycles. The standard InChI is InChI=1S/C30H27N5O3/c31-35(24-15-16-25-26(18-24)33-19-32-25)30(38)28(36)27(22-9-5-2-6-10-22)34-29(37)23-13-11-21(12-14-23)17-20-7-3-1-4-8-20/h1-16,18-19,27-28,36H,17,31H2,(H,32,33)(H,34,37). The number of imidazole rings is 1. The van der Waals surface area contributed by atoms with Gasteiger partial charge in [-0.3, -0.25) is 9.59 Å². The smallest absolute Gasteiger partial charge is 0.272 e. The van der Waals surface area contributed by atoms with Crippen LogP contribution in [0.3, 0.4) is 0 Å². The highest BCUT2D eigenvalue weighted by atomic mass is 16.3. The molecule has 0 saturated carbocycles. The molecule has 0 radical (unpaired) electrons. The minimum Gasteiger partial charge on any atom is -0.381 e. The van der Waals surface area contributed by atoms with Crippen LogP contribution in [-0.4, -0.2) is 33.0 Å². The number of carbonyl (C=O) groups is 2. The summed E-state index contributed by atoms with van der Waals surface area (Å²) in [5.74, 6) is 4.93. The fourth-order valence-electron chi connectivity index (χ4n) is 4.32. The molecule has 0 bridgehead atoms. The summed E-state index contributed by atoms with van der Waals surface area (Å²) in [4.78, 5) is 33.6. The first-order valence-corrected chi connectivity index (χ1v) is 12.2. The number of hydrogen-bond donors (Lipinski definition) is 4. The van der Waals surface area contributed by atoms with Crippen molar-refractivity contribution in [1.29, 1.82) is 0 Å². The minimum atomic E-state index is -1.64. The Morgan fingerprint density at radius 3 is 2.26 bits per heavy atom. The van der Waals surface area contributed by atoms with Crippen LogP contribution in [0.25, 0.3) is 11.0 Å². The van der Waals surface area contributed by atoms with Gasteiger partial charge in [0.1, 0.15) is 0 Å². The number of H-pyrrole nitrogens is 1. The van der Waals surface area contributed by atoms with E-state index < -0.39 is 24.0 Å². The summed E-state index contributed by atoms with van der Waals surface area (Å²) in [6.45, 7) is 0. The highest BCUT2D eigenvalue weighted by molar-refractivity contribution is 5.99. The van der Waals surface area contributed by atoms with Crippen molar-refractivity contribution in [2.24, 2.45) is 5.84 Å². The molecular formula is C30H27N5O3. The van der Waals surface area contributed by atoms with Crippen LogP contribution >= 0.6 is 0 Å². The van der Waals surface area contributed by atoms with E-state index in [-0.39, 0.29) is 0 Å². The Labute approximate surface area is 219 Å². The van der Waals surface area contributed by atoms with Gasteiger partial charge in [0.2, 0.25) is 0 Å². The van der Waals surface area contributed by atoms with E-state index in [1.807, 2.05) is 36.4 Å². The predicted molar refractivity (Wildman–Crippen MR) is 146 cm³/mol. The molecule has 5 N–H and O–H groups in total. The van der Waals surface area contributed by atoms with Gasteiger partial charge in [-0.05, 0) is 53.4 Å². The Morgan fingerprint density at radius 1 is 0.895 bits per heavy atom. The van der Waals surface area contributed by atoms with Crippen molar-refractivity contribution in [1.82, 2.24) is 15.3 Å². The molecular weight excluding hydrogens is 478 g/mol. The Hall–Kier alpha value is -4.79. The number of amides is 2. The van der Waals surface area contributed by atoms with Gasteiger partial charge < -0.3 is 15.4 Å². The summed E-state index contributed by atoms with van der Waals surface area (Å²) < 4.78 is 0. The molecule has 2 amide bonds. The largest absolute Gasteiger partial charge is 0.381 e. The van der Waals surface area contributed by atoms with Crippen LogP contribution in [0.4, 0.5) is 5.69 Å². The number of hydrogen-bond acceptors (Lipinski definition) is 5. The number of anilines is 1. The molecule has 8 nitrogen and oxygen atoms in total. The molecule has 2 atom stereocenters.